The van der Waals surface area contributed by atoms with E-state index in [1.54, 1.807) is 4.90 Å². The van der Waals surface area contributed by atoms with Gasteiger partial charge in [-0.2, -0.15) is 0 Å². The molecule has 17 heavy (non-hydrogen) atoms. The van der Waals surface area contributed by atoms with Crippen LogP contribution in [0.2, 0.25) is 0 Å². The summed E-state index contributed by atoms with van der Waals surface area (Å²) >= 11 is 0. The van der Waals surface area contributed by atoms with Gasteiger partial charge < -0.3 is 10.6 Å². The Morgan fingerprint density at radius 2 is 1.88 bits per heavy atom. The van der Waals surface area contributed by atoms with Gasteiger partial charge in [0.1, 0.15) is 0 Å². The van der Waals surface area contributed by atoms with Gasteiger partial charge in [-0.25, -0.2) is 0 Å². The van der Waals surface area contributed by atoms with Crippen molar-refractivity contribution < 1.29 is 4.79 Å². The highest BCUT2D eigenvalue weighted by molar-refractivity contribution is 5.75. The van der Waals surface area contributed by atoms with Crippen LogP contribution >= 0.6 is 0 Å². The van der Waals surface area contributed by atoms with Gasteiger partial charge in [-0.15, -0.1) is 0 Å². The number of benzene rings is 1. The largest absolute Gasteiger partial charge is 0.341 e. The van der Waals surface area contributed by atoms with Crippen LogP contribution < -0.4 is 5.73 Å². The number of aryl methyl sites for hydroxylation is 1. The molecule has 0 fully saturated rings. The number of hydrogen-bond donors (Lipinski definition) is 1. The van der Waals surface area contributed by atoms with E-state index in [-0.39, 0.29) is 5.91 Å². The van der Waals surface area contributed by atoms with E-state index in [1.165, 1.54) is 11.1 Å². The number of hydrogen-bond acceptors (Lipinski definition) is 2. The Morgan fingerprint density at radius 3 is 2.47 bits per heavy atom. The zero-order valence-electron chi connectivity index (χ0n) is 10.8. The smallest absolute Gasteiger partial charge is 0.222 e. The quantitative estimate of drug-likeness (QED) is 0.766. The van der Waals surface area contributed by atoms with Crippen molar-refractivity contribution in [3.8, 4) is 0 Å². The molecule has 0 radical (unpaired) electrons. The predicted molar refractivity (Wildman–Crippen MR) is 70.6 cm³/mol. The van der Waals surface area contributed by atoms with Crippen LogP contribution in [0.3, 0.4) is 0 Å². The number of unbranched alkanes of at least 4 members (excludes halogenated alkanes) is 1. The topological polar surface area (TPSA) is 46.3 Å². The lowest BCUT2D eigenvalue weighted by Crippen LogP contribution is -2.26. The normalized spacial score (nSPS) is 10.3. The first kappa shape index (κ1) is 13.7. The van der Waals surface area contributed by atoms with E-state index in [0.717, 1.165) is 12.8 Å². The van der Waals surface area contributed by atoms with Crippen LogP contribution in [0.15, 0.2) is 24.3 Å². The van der Waals surface area contributed by atoms with Crippen molar-refractivity contribution in [1.29, 1.82) is 0 Å². The maximum absolute atomic E-state index is 11.8. The van der Waals surface area contributed by atoms with E-state index in [9.17, 15) is 4.79 Å². The number of nitrogens with zero attached hydrogens (tertiary/aromatic N) is 1. The minimum Gasteiger partial charge on any atom is -0.341 e. The average Bonchev–Trinajstić information content (AvgIpc) is 2.32. The second-order valence-electron chi connectivity index (χ2n) is 4.48. The molecule has 0 unspecified atom stereocenters. The Morgan fingerprint density at radius 1 is 1.24 bits per heavy atom. The van der Waals surface area contributed by atoms with Gasteiger partial charge >= 0.3 is 0 Å². The van der Waals surface area contributed by atoms with Crippen molar-refractivity contribution >= 4 is 5.91 Å². The number of amides is 1. The van der Waals surface area contributed by atoms with Crippen molar-refractivity contribution in [3.05, 3.63) is 35.4 Å². The molecule has 0 spiro atoms. The Kier molecular flexibility index (Phi) is 5.70. The van der Waals surface area contributed by atoms with Crippen LogP contribution in [0.5, 0.6) is 0 Å². The first-order valence-corrected chi connectivity index (χ1v) is 6.13. The van der Waals surface area contributed by atoms with Crippen molar-refractivity contribution in [1.82, 2.24) is 4.90 Å². The monoisotopic (exact) mass is 234 g/mol. The number of carbonyl (C=O) groups excluding carboxylic acids is 1. The van der Waals surface area contributed by atoms with E-state index in [2.05, 4.69) is 31.2 Å². The molecule has 0 aliphatic heterocycles. The number of carbonyl (C=O) groups is 1. The molecule has 2 N–H and O–H groups in total. The molecule has 0 aliphatic carbocycles. The fourth-order valence-electron chi connectivity index (χ4n) is 1.67. The summed E-state index contributed by atoms with van der Waals surface area (Å²) in [5.41, 5.74) is 7.82. The molecule has 1 aromatic rings. The summed E-state index contributed by atoms with van der Waals surface area (Å²) in [6.45, 7) is 3.40. The molecule has 0 aromatic heterocycles. The lowest BCUT2D eigenvalue weighted by molar-refractivity contribution is -0.130. The Balaban J connectivity index is 2.40. The fourth-order valence-corrected chi connectivity index (χ4v) is 1.67. The summed E-state index contributed by atoms with van der Waals surface area (Å²) in [5, 5.41) is 0. The van der Waals surface area contributed by atoms with Crippen molar-refractivity contribution in [2.24, 2.45) is 5.73 Å². The highest BCUT2D eigenvalue weighted by Crippen LogP contribution is 2.07. The maximum atomic E-state index is 11.8. The summed E-state index contributed by atoms with van der Waals surface area (Å²) in [5.74, 6) is 0.194. The lowest BCUT2D eigenvalue weighted by atomic mass is 10.1. The Bertz CT molecular complexity index is 346. The molecule has 1 amide bonds. The number of rotatable bonds is 6. The molecule has 3 heteroatoms. The van der Waals surface area contributed by atoms with Crippen LogP contribution in [0.25, 0.3) is 0 Å². The minimum absolute atomic E-state index is 0.194. The third kappa shape index (κ3) is 5.00. The average molecular weight is 234 g/mol. The van der Waals surface area contributed by atoms with Gasteiger partial charge in [-0.3, -0.25) is 4.79 Å². The van der Waals surface area contributed by atoms with Crippen LogP contribution in [-0.2, 0) is 11.3 Å². The van der Waals surface area contributed by atoms with Crippen LogP contribution in [0.4, 0.5) is 0 Å². The summed E-state index contributed by atoms with van der Waals surface area (Å²) in [4.78, 5) is 13.6. The van der Waals surface area contributed by atoms with Gasteiger partial charge in [0.25, 0.3) is 0 Å². The molecular weight excluding hydrogens is 212 g/mol. The second-order valence-corrected chi connectivity index (χ2v) is 4.48. The molecule has 0 bridgehead atoms. The zero-order valence-corrected chi connectivity index (χ0v) is 10.8. The second kappa shape index (κ2) is 7.07. The Hall–Kier alpha value is -1.35. The first-order chi connectivity index (χ1) is 8.13. The minimum atomic E-state index is 0.194. The first-order valence-electron chi connectivity index (χ1n) is 6.13. The molecule has 1 aromatic carbocycles. The molecule has 0 aliphatic rings. The molecular formula is C14H22N2O. The van der Waals surface area contributed by atoms with Crippen molar-refractivity contribution in [2.75, 3.05) is 13.6 Å². The highest BCUT2D eigenvalue weighted by Gasteiger charge is 2.08. The molecule has 3 nitrogen and oxygen atoms in total. The molecule has 0 saturated carbocycles. The van der Waals surface area contributed by atoms with E-state index in [1.807, 2.05) is 7.05 Å². The molecule has 1 rings (SSSR count). The third-order valence-electron chi connectivity index (χ3n) is 2.81. The maximum Gasteiger partial charge on any atom is 0.222 e. The van der Waals surface area contributed by atoms with Gasteiger partial charge in [0, 0.05) is 20.0 Å². The van der Waals surface area contributed by atoms with E-state index in [4.69, 9.17) is 5.73 Å². The molecule has 0 heterocycles. The zero-order chi connectivity index (χ0) is 12.7. The van der Waals surface area contributed by atoms with Gasteiger partial charge in [0.05, 0.1) is 0 Å². The third-order valence-corrected chi connectivity index (χ3v) is 2.81. The molecule has 94 valence electrons. The SMILES string of the molecule is Cc1ccc(CN(C)C(=O)CCCCN)cc1. The van der Waals surface area contributed by atoms with Crippen molar-refractivity contribution in [2.45, 2.75) is 32.7 Å². The van der Waals surface area contributed by atoms with Crippen LogP contribution in [0.1, 0.15) is 30.4 Å². The molecule has 0 atom stereocenters. The predicted octanol–water partition coefficient (Wildman–Crippen LogP) is 2.08. The van der Waals surface area contributed by atoms with Crippen molar-refractivity contribution in [3.63, 3.8) is 0 Å². The molecule has 0 saturated heterocycles. The van der Waals surface area contributed by atoms with E-state index >= 15 is 0 Å². The van der Waals surface area contributed by atoms with Gasteiger partial charge in [-0.1, -0.05) is 29.8 Å². The van der Waals surface area contributed by atoms with E-state index < -0.39 is 0 Å². The van der Waals surface area contributed by atoms with E-state index in [0.29, 0.717) is 19.5 Å². The standard InChI is InChI=1S/C14H22N2O/c1-12-6-8-13(9-7-12)11-16(2)14(17)5-3-4-10-15/h6-9H,3-5,10-11,15H2,1-2H3. The fraction of sp³-hybridized carbons (Fsp3) is 0.500. The summed E-state index contributed by atoms with van der Waals surface area (Å²) in [6.07, 6.45) is 2.40. The summed E-state index contributed by atoms with van der Waals surface area (Å²) in [6, 6.07) is 8.28. The lowest BCUT2D eigenvalue weighted by Gasteiger charge is -2.17. The van der Waals surface area contributed by atoms with Crippen LogP contribution in [0, 0.1) is 6.92 Å². The summed E-state index contributed by atoms with van der Waals surface area (Å²) in [7, 11) is 1.85. The summed E-state index contributed by atoms with van der Waals surface area (Å²) < 4.78 is 0. The van der Waals surface area contributed by atoms with Gasteiger partial charge in [-0.05, 0) is 31.9 Å². The van der Waals surface area contributed by atoms with Gasteiger partial charge in [0.2, 0.25) is 5.91 Å². The highest BCUT2D eigenvalue weighted by atomic mass is 16.2. The Labute approximate surface area is 104 Å². The number of nitrogens with two attached hydrogens (primary N) is 1. The van der Waals surface area contributed by atoms with Crippen LogP contribution in [-0.4, -0.2) is 24.4 Å². The van der Waals surface area contributed by atoms with Gasteiger partial charge in [0.15, 0.2) is 0 Å².